The van der Waals surface area contributed by atoms with Crippen molar-refractivity contribution in [3.8, 4) is 0 Å². The molecule has 1 N–H and O–H groups in total. The molecule has 1 aliphatic carbocycles. The number of amides is 1. The van der Waals surface area contributed by atoms with E-state index in [1.807, 2.05) is 11.1 Å². The third-order valence-electron chi connectivity index (χ3n) is 6.85. The molecule has 6 rings (SSSR count). The summed E-state index contributed by atoms with van der Waals surface area (Å²) in [7, 11) is 4.11. The number of aryl methyl sites for hydroxylation is 1. The van der Waals surface area contributed by atoms with Gasteiger partial charge in [0, 0.05) is 44.2 Å². The first-order valence-corrected chi connectivity index (χ1v) is 12.1. The number of thiophene rings is 1. The second kappa shape index (κ2) is 7.55. The van der Waals surface area contributed by atoms with Gasteiger partial charge in [0.25, 0.3) is 0 Å². The van der Waals surface area contributed by atoms with Crippen molar-refractivity contribution >= 4 is 50.9 Å². The Morgan fingerprint density at radius 2 is 2.12 bits per heavy atom. The molecule has 7 nitrogen and oxygen atoms in total. The molecule has 32 heavy (non-hydrogen) atoms. The number of rotatable bonds is 4. The Morgan fingerprint density at radius 3 is 2.91 bits per heavy atom. The molecule has 1 saturated heterocycles. The zero-order valence-corrected chi connectivity index (χ0v) is 19.2. The molecule has 0 bridgehead atoms. The van der Waals surface area contributed by atoms with Crippen molar-refractivity contribution in [3.63, 3.8) is 0 Å². The second-order valence-electron chi connectivity index (χ2n) is 9.08. The van der Waals surface area contributed by atoms with Crippen LogP contribution in [0.2, 0.25) is 0 Å². The van der Waals surface area contributed by atoms with Crippen LogP contribution in [0.3, 0.4) is 0 Å². The highest BCUT2D eigenvalue weighted by Crippen LogP contribution is 2.42. The quantitative estimate of drug-likeness (QED) is 0.660. The zero-order chi connectivity index (χ0) is 21.8. The summed E-state index contributed by atoms with van der Waals surface area (Å²) in [6.07, 6.45) is 7.35. The monoisotopic (exact) mass is 446 g/mol. The number of aliphatic imine (C=N–C) groups is 1. The fraction of sp³-hybridized carbons (Fsp3) is 0.417. The van der Waals surface area contributed by atoms with Crippen LogP contribution in [0.1, 0.15) is 34.4 Å². The molecule has 0 spiro atoms. The van der Waals surface area contributed by atoms with E-state index in [1.54, 1.807) is 17.7 Å². The van der Waals surface area contributed by atoms with Gasteiger partial charge in [-0.05, 0) is 54.5 Å². The molecule has 1 amide bonds. The first-order chi connectivity index (χ1) is 15.6. The Labute approximate surface area is 191 Å². The van der Waals surface area contributed by atoms with Crippen LogP contribution in [0.4, 0.5) is 17.2 Å². The maximum absolute atomic E-state index is 12.8. The fourth-order valence-corrected chi connectivity index (χ4v) is 6.22. The van der Waals surface area contributed by atoms with E-state index >= 15 is 0 Å². The van der Waals surface area contributed by atoms with E-state index in [4.69, 9.17) is 0 Å². The van der Waals surface area contributed by atoms with E-state index in [2.05, 4.69) is 51.4 Å². The molecule has 0 unspecified atom stereocenters. The summed E-state index contributed by atoms with van der Waals surface area (Å²) in [6.45, 7) is 2.59. The van der Waals surface area contributed by atoms with Gasteiger partial charge < -0.3 is 15.1 Å². The van der Waals surface area contributed by atoms with E-state index in [0.29, 0.717) is 5.91 Å². The van der Waals surface area contributed by atoms with Crippen molar-refractivity contribution in [2.24, 2.45) is 10.9 Å². The smallest absolute Gasteiger partial charge is 0.226 e. The first kappa shape index (κ1) is 19.7. The Bertz CT molecular complexity index is 1260. The van der Waals surface area contributed by atoms with Crippen LogP contribution < -0.4 is 10.2 Å². The van der Waals surface area contributed by atoms with Crippen molar-refractivity contribution in [2.75, 3.05) is 37.4 Å². The average Bonchev–Trinajstić information content (AvgIpc) is 3.35. The molecule has 1 fully saturated rings. The lowest BCUT2D eigenvalue weighted by molar-refractivity contribution is -0.139. The summed E-state index contributed by atoms with van der Waals surface area (Å²) in [6, 6.07) is 4.37. The fourth-order valence-electron chi connectivity index (χ4n) is 4.96. The van der Waals surface area contributed by atoms with Crippen molar-refractivity contribution in [2.45, 2.75) is 32.2 Å². The Morgan fingerprint density at radius 1 is 1.25 bits per heavy atom. The molecule has 3 aliphatic rings. The number of carbonyl (C=O) groups excluding carboxylic acids is 1. The lowest BCUT2D eigenvalue weighted by Crippen LogP contribution is -2.46. The molecule has 1 atom stereocenters. The van der Waals surface area contributed by atoms with Crippen LogP contribution in [-0.4, -0.2) is 54.2 Å². The molecule has 0 saturated carbocycles. The largest absolute Gasteiger partial charge is 0.376 e. The summed E-state index contributed by atoms with van der Waals surface area (Å²) in [5.74, 6) is 1.29. The van der Waals surface area contributed by atoms with Crippen molar-refractivity contribution in [3.05, 3.63) is 40.0 Å². The van der Waals surface area contributed by atoms with Gasteiger partial charge in [0.15, 0.2) is 0 Å². The van der Waals surface area contributed by atoms with Gasteiger partial charge in [-0.3, -0.25) is 9.79 Å². The summed E-state index contributed by atoms with van der Waals surface area (Å²) < 4.78 is 0. The van der Waals surface area contributed by atoms with Gasteiger partial charge in [-0.1, -0.05) is 0 Å². The third kappa shape index (κ3) is 3.16. The number of anilines is 3. The molecule has 1 aromatic carbocycles. The van der Waals surface area contributed by atoms with Crippen molar-refractivity contribution < 1.29 is 4.79 Å². The molecule has 0 radical (unpaired) electrons. The zero-order valence-electron chi connectivity index (χ0n) is 18.4. The molecule has 3 aromatic rings. The number of nitrogens with zero attached hydrogens (tertiary/aromatic N) is 5. The lowest BCUT2D eigenvalue weighted by atomic mass is 9.86. The molecular weight excluding hydrogens is 420 g/mol. The summed E-state index contributed by atoms with van der Waals surface area (Å²) in [4.78, 5) is 32.8. The van der Waals surface area contributed by atoms with Crippen LogP contribution in [0.5, 0.6) is 0 Å². The van der Waals surface area contributed by atoms with Gasteiger partial charge >= 0.3 is 0 Å². The van der Waals surface area contributed by atoms with Gasteiger partial charge in [-0.25, -0.2) is 9.97 Å². The highest BCUT2D eigenvalue weighted by molar-refractivity contribution is 7.19. The van der Waals surface area contributed by atoms with Crippen LogP contribution in [0, 0.1) is 5.92 Å². The number of fused-ring (bicyclic) bond motifs is 4. The molecule has 8 heteroatoms. The first-order valence-electron chi connectivity index (χ1n) is 11.2. The number of aromatic nitrogens is 2. The molecular formula is C24H26N6OS. The van der Waals surface area contributed by atoms with Crippen molar-refractivity contribution in [1.29, 1.82) is 0 Å². The average molecular weight is 447 g/mol. The molecule has 2 aliphatic heterocycles. The maximum Gasteiger partial charge on any atom is 0.226 e. The topological polar surface area (TPSA) is 73.7 Å². The predicted molar refractivity (Wildman–Crippen MR) is 129 cm³/mol. The number of hydrogen-bond acceptors (Lipinski definition) is 7. The highest BCUT2D eigenvalue weighted by atomic mass is 32.1. The van der Waals surface area contributed by atoms with Crippen LogP contribution in [-0.2, 0) is 24.2 Å². The summed E-state index contributed by atoms with van der Waals surface area (Å²) in [5.41, 5.74) is 5.85. The number of likely N-dealkylation sites (tertiary alicyclic amines) is 1. The summed E-state index contributed by atoms with van der Waals surface area (Å²) in [5, 5.41) is 4.72. The Hall–Kier alpha value is -3.00. The summed E-state index contributed by atoms with van der Waals surface area (Å²) >= 11 is 1.72. The second-order valence-corrected chi connectivity index (χ2v) is 10.2. The Balaban J connectivity index is 1.36. The van der Waals surface area contributed by atoms with Crippen LogP contribution in [0.15, 0.2) is 23.5 Å². The van der Waals surface area contributed by atoms with Gasteiger partial charge in [-0.2, -0.15) is 0 Å². The number of hydrogen-bond donors (Lipinski definition) is 1. The van der Waals surface area contributed by atoms with Crippen LogP contribution >= 0.6 is 11.3 Å². The van der Waals surface area contributed by atoms with E-state index < -0.39 is 0 Å². The number of benzene rings is 1. The SMILES string of the molecule is CN(C)c1cc2c(cc1Nc1ncnc3sc4c(c13)CC[C@H](C(=O)N1CCC1)C4)C=NC2. The highest BCUT2D eigenvalue weighted by Gasteiger charge is 2.33. The maximum atomic E-state index is 12.8. The minimum atomic E-state index is 0.108. The molecule has 4 heterocycles. The lowest BCUT2D eigenvalue weighted by Gasteiger charge is -2.35. The molecule has 2 aromatic heterocycles. The van der Waals surface area contributed by atoms with E-state index in [1.165, 1.54) is 16.0 Å². The predicted octanol–water partition coefficient (Wildman–Crippen LogP) is 3.77. The number of carbonyl (C=O) groups is 1. The van der Waals surface area contributed by atoms with Crippen molar-refractivity contribution in [1.82, 2.24) is 14.9 Å². The standard InChI is InChI=1S/C24H26N6OS/c1-29(2)19-9-16-12-25-11-15(16)8-18(19)28-22-21-17-5-4-14(24(31)30-6-3-7-30)10-20(17)32-23(21)27-13-26-22/h8-9,11,13-14H,3-7,10,12H2,1-2H3,(H,26,27,28)/t14-/m0/s1. The minimum Gasteiger partial charge on any atom is -0.376 e. The van der Waals surface area contributed by atoms with Crippen LogP contribution in [0.25, 0.3) is 10.2 Å². The Kier molecular flexibility index (Phi) is 4.64. The number of nitrogens with one attached hydrogen (secondary N) is 1. The van der Waals surface area contributed by atoms with Gasteiger partial charge in [-0.15, -0.1) is 11.3 Å². The molecule has 164 valence electrons. The van der Waals surface area contributed by atoms with E-state index in [-0.39, 0.29) is 5.92 Å². The van der Waals surface area contributed by atoms with E-state index in [9.17, 15) is 4.79 Å². The normalized spacial score (nSPS) is 18.9. The van der Waals surface area contributed by atoms with Gasteiger partial charge in [0.05, 0.1) is 23.3 Å². The van der Waals surface area contributed by atoms with E-state index in [0.717, 1.165) is 78.3 Å². The van der Waals surface area contributed by atoms with Gasteiger partial charge in [0.1, 0.15) is 17.0 Å². The van der Waals surface area contributed by atoms with Gasteiger partial charge in [0.2, 0.25) is 5.91 Å². The minimum absolute atomic E-state index is 0.108. The third-order valence-corrected chi connectivity index (χ3v) is 8.01.